The number of ether oxygens (including phenoxy) is 1. The summed E-state index contributed by atoms with van der Waals surface area (Å²) in [4.78, 5) is 50.2. The SMILES string of the molecule is CCCCCOc1cccc(C2C(C(=O)c3sc(C)nc3C)=C(O)C(=O)N2c2nc(C)c(C(C)=O)s2)c1. The lowest BCUT2D eigenvalue weighted by atomic mass is 9.95. The minimum Gasteiger partial charge on any atom is -0.503 e. The molecule has 1 atom stereocenters. The monoisotopic (exact) mass is 539 g/mol. The van der Waals surface area contributed by atoms with Gasteiger partial charge in [0.05, 0.1) is 44.4 Å². The van der Waals surface area contributed by atoms with Crippen molar-refractivity contribution < 1.29 is 24.2 Å². The van der Waals surface area contributed by atoms with Crippen LogP contribution in [-0.2, 0) is 4.79 Å². The molecule has 1 unspecified atom stereocenters. The van der Waals surface area contributed by atoms with Gasteiger partial charge in [0.1, 0.15) is 5.75 Å². The number of benzene rings is 1. The number of aliphatic hydroxyl groups excluding tert-OH is 1. The van der Waals surface area contributed by atoms with Crippen molar-refractivity contribution in [2.24, 2.45) is 0 Å². The highest BCUT2D eigenvalue weighted by atomic mass is 32.1. The first-order valence-electron chi connectivity index (χ1n) is 12.1. The first-order valence-corrected chi connectivity index (χ1v) is 13.7. The number of aryl methyl sites for hydroxylation is 3. The number of nitrogens with zero attached hydrogens (tertiary/aromatic N) is 3. The molecule has 4 rings (SSSR count). The lowest BCUT2D eigenvalue weighted by Crippen LogP contribution is -2.31. The molecule has 0 saturated carbocycles. The number of unbranched alkanes of at least 4 members (excludes halogenated alkanes) is 2. The number of anilines is 1. The zero-order valence-electron chi connectivity index (χ0n) is 21.5. The fourth-order valence-corrected chi connectivity index (χ4v) is 6.21. The fraction of sp³-hybridized carbons (Fsp3) is 0.370. The van der Waals surface area contributed by atoms with Crippen molar-refractivity contribution in [1.82, 2.24) is 9.97 Å². The Morgan fingerprint density at radius 2 is 1.81 bits per heavy atom. The Kier molecular flexibility index (Phi) is 7.89. The molecule has 0 fully saturated rings. The van der Waals surface area contributed by atoms with Crippen LogP contribution in [0.4, 0.5) is 5.13 Å². The number of ketones is 2. The van der Waals surface area contributed by atoms with E-state index in [2.05, 4.69) is 16.9 Å². The molecule has 1 amide bonds. The average Bonchev–Trinajstić information content (AvgIpc) is 3.49. The minimum atomic E-state index is -0.952. The van der Waals surface area contributed by atoms with Gasteiger partial charge in [0.25, 0.3) is 5.91 Å². The van der Waals surface area contributed by atoms with Crippen LogP contribution in [0.1, 0.15) is 80.5 Å². The van der Waals surface area contributed by atoms with Gasteiger partial charge >= 0.3 is 0 Å². The van der Waals surface area contributed by atoms with E-state index in [1.165, 1.54) is 23.2 Å². The number of aromatic nitrogens is 2. The minimum absolute atomic E-state index is 0.0443. The molecule has 0 aliphatic carbocycles. The lowest BCUT2D eigenvalue weighted by molar-refractivity contribution is -0.117. The third-order valence-electron chi connectivity index (χ3n) is 6.06. The van der Waals surface area contributed by atoms with Crippen molar-refractivity contribution in [2.75, 3.05) is 11.5 Å². The molecule has 1 aliphatic rings. The summed E-state index contributed by atoms with van der Waals surface area (Å²) in [6, 6.07) is 6.22. The second-order valence-corrected chi connectivity index (χ2v) is 11.1. The fourth-order valence-electron chi connectivity index (χ4n) is 4.34. The number of Topliss-reactive ketones (excluding diaryl/α,β-unsaturated/α-hetero) is 2. The van der Waals surface area contributed by atoms with Crippen LogP contribution in [0.3, 0.4) is 0 Å². The predicted molar refractivity (Wildman–Crippen MR) is 144 cm³/mol. The van der Waals surface area contributed by atoms with E-state index in [0.29, 0.717) is 44.1 Å². The molecule has 1 N–H and O–H groups in total. The summed E-state index contributed by atoms with van der Waals surface area (Å²) < 4.78 is 5.93. The van der Waals surface area contributed by atoms with Gasteiger partial charge in [0, 0.05) is 6.92 Å². The smallest absolute Gasteiger partial charge is 0.296 e. The molecule has 0 saturated heterocycles. The standard InChI is InChI=1S/C27H29N3O5S2/c1-6-7-8-12-35-19-11-9-10-18(13-19)21-20(22(32)25-15(3)28-17(5)36-25)23(33)26(34)30(21)27-29-14(2)24(37-27)16(4)31/h9-11,13,21,33H,6-8,12H2,1-5H3. The Hall–Kier alpha value is -3.37. The van der Waals surface area contributed by atoms with Gasteiger partial charge in [-0.25, -0.2) is 9.97 Å². The van der Waals surface area contributed by atoms with Gasteiger partial charge in [-0.3, -0.25) is 19.3 Å². The summed E-state index contributed by atoms with van der Waals surface area (Å²) >= 11 is 2.28. The van der Waals surface area contributed by atoms with Gasteiger partial charge < -0.3 is 9.84 Å². The van der Waals surface area contributed by atoms with E-state index in [9.17, 15) is 19.5 Å². The van der Waals surface area contributed by atoms with E-state index < -0.39 is 23.5 Å². The number of carbonyl (C=O) groups excluding carboxylic acids is 3. The number of amides is 1. The van der Waals surface area contributed by atoms with Crippen molar-refractivity contribution in [3.8, 4) is 5.75 Å². The second kappa shape index (κ2) is 10.9. The molecular formula is C27H29N3O5S2. The Morgan fingerprint density at radius 3 is 2.43 bits per heavy atom. The number of hydrogen-bond donors (Lipinski definition) is 1. The summed E-state index contributed by atoms with van der Waals surface area (Å²) in [5.41, 5.74) is 1.57. The lowest BCUT2D eigenvalue weighted by Gasteiger charge is -2.25. The van der Waals surface area contributed by atoms with Crippen molar-refractivity contribution in [1.29, 1.82) is 0 Å². The summed E-state index contributed by atoms with van der Waals surface area (Å²) in [5.74, 6) is -1.41. The molecule has 8 nitrogen and oxygen atoms in total. The quantitative estimate of drug-likeness (QED) is 0.246. The maximum atomic E-state index is 13.8. The van der Waals surface area contributed by atoms with Crippen LogP contribution in [0.5, 0.6) is 5.75 Å². The molecule has 3 heterocycles. The highest BCUT2D eigenvalue weighted by molar-refractivity contribution is 7.17. The Morgan fingerprint density at radius 1 is 1.08 bits per heavy atom. The third kappa shape index (κ3) is 5.21. The second-order valence-electron chi connectivity index (χ2n) is 8.91. The molecule has 0 radical (unpaired) electrons. The molecule has 3 aromatic rings. The molecule has 0 bridgehead atoms. The average molecular weight is 540 g/mol. The maximum absolute atomic E-state index is 13.8. The first-order chi connectivity index (χ1) is 17.6. The van der Waals surface area contributed by atoms with Crippen molar-refractivity contribution >= 4 is 45.3 Å². The van der Waals surface area contributed by atoms with Crippen molar-refractivity contribution in [2.45, 2.75) is 59.9 Å². The number of carbonyl (C=O) groups is 3. The van der Waals surface area contributed by atoms with Gasteiger partial charge in [-0.2, -0.15) is 0 Å². The summed E-state index contributed by atoms with van der Waals surface area (Å²) in [6.45, 7) is 9.32. The molecule has 1 aromatic carbocycles. The van der Waals surface area contributed by atoms with Crippen LogP contribution in [0.15, 0.2) is 35.6 Å². The predicted octanol–water partition coefficient (Wildman–Crippen LogP) is 6.08. The normalized spacial score (nSPS) is 15.5. The van der Waals surface area contributed by atoms with Crippen LogP contribution in [0.2, 0.25) is 0 Å². The first kappa shape index (κ1) is 26.7. The van der Waals surface area contributed by atoms with Crippen LogP contribution in [0.25, 0.3) is 0 Å². The van der Waals surface area contributed by atoms with Gasteiger partial charge in [-0.1, -0.05) is 43.2 Å². The molecular weight excluding hydrogens is 510 g/mol. The Balaban J connectivity index is 1.82. The Bertz CT molecular complexity index is 1400. The van der Waals surface area contributed by atoms with Gasteiger partial charge in [0.2, 0.25) is 5.78 Å². The van der Waals surface area contributed by atoms with E-state index in [0.717, 1.165) is 30.6 Å². The molecule has 10 heteroatoms. The third-order valence-corrected chi connectivity index (χ3v) is 8.39. The van der Waals surface area contributed by atoms with Crippen LogP contribution in [0, 0.1) is 20.8 Å². The Labute approximate surface area is 223 Å². The van der Waals surface area contributed by atoms with E-state index >= 15 is 0 Å². The maximum Gasteiger partial charge on any atom is 0.296 e. The topological polar surface area (TPSA) is 110 Å². The molecule has 1 aliphatic heterocycles. The van der Waals surface area contributed by atoms with Crippen molar-refractivity contribution in [3.63, 3.8) is 0 Å². The summed E-state index contributed by atoms with van der Waals surface area (Å²) in [7, 11) is 0. The zero-order valence-corrected chi connectivity index (χ0v) is 23.1. The molecule has 194 valence electrons. The van der Waals surface area contributed by atoms with E-state index in [1.807, 2.05) is 6.07 Å². The van der Waals surface area contributed by atoms with Crippen molar-refractivity contribution in [3.05, 3.63) is 67.3 Å². The number of thiazole rings is 2. The largest absolute Gasteiger partial charge is 0.503 e. The van der Waals surface area contributed by atoms with Gasteiger partial charge in [-0.15, -0.1) is 11.3 Å². The number of hydrogen-bond acceptors (Lipinski definition) is 9. The molecule has 37 heavy (non-hydrogen) atoms. The number of aliphatic hydroxyl groups is 1. The van der Waals surface area contributed by atoms with E-state index in [1.54, 1.807) is 39.0 Å². The molecule has 2 aromatic heterocycles. The number of rotatable bonds is 10. The summed E-state index contributed by atoms with van der Waals surface area (Å²) in [6.07, 6.45) is 3.04. The van der Waals surface area contributed by atoms with Gasteiger partial charge in [0.15, 0.2) is 16.7 Å². The van der Waals surface area contributed by atoms with Crippen LogP contribution < -0.4 is 9.64 Å². The van der Waals surface area contributed by atoms with Gasteiger partial charge in [-0.05, 0) is 44.9 Å². The highest BCUT2D eigenvalue weighted by Gasteiger charge is 2.46. The summed E-state index contributed by atoms with van der Waals surface area (Å²) in [5, 5.41) is 12.0. The van der Waals surface area contributed by atoms with Crippen LogP contribution >= 0.6 is 22.7 Å². The van der Waals surface area contributed by atoms with E-state index in [-0.39, 0.29) is 16.5 Å². The zero-order chi connectivity index (χ0) is 26.9. The highest BCUT2D eigenvalue weighted by Crippen LogP contribution is 2.45. The molecule has 0 spiro atoms. The van der Waals surface area contributed by atoms with E-state index in [4.69, 9.17) is 4.74 Å². The van der Waals surface area contributed by atoms with Crippen LogP contribution in [-0.4, -0.2) is 39.2 Å².